The van der Waals surface area contributed by atoms with Crippen LogP contribution in [0.3, 0.4) is 0 Å². The highest BCUT2D eigenvalue weighted by Crippen LogP contribution is 2.28. The summed E-state index contributed by atoms with van der Waals surface area (Å²) in [5.41, 5.74) is 0.307. The smallest absolute Gasteiger partial charge is 0.427 e. The third-order valence-electron chi connectivity index (χ3n) is 1.78. The van der Waals surface area contributed by atoms with Gasteiger partial charge in [-0.3, -0.25) is 0 Å². The first-order valence-electron chi connectivity index (χ1n) is 4.97. The summed E-state index contributed by atoms with van der Waals surface area (Å²) in [6, 6.07) is 5.95. The number of ether oxygens (including phenoxy) is 2. The number of nitriles is 1. The van der Waals surface area contributed by atoms with Crippen LogP contribution < -0.4 is 14.2 Å². The lowest BCUT2D eigenvalue weighted by Crippen LogP contribution is -2.29. The number of carbonyl (C=O) groups excluding carboxylic acids is 1. The second-order valence-electron chi connectivity index (χ2n) is 3.14. The van der Waals surface area contributed by atoms with Gasteiger partial charge < -0.3 is 9.47 Å². The van der Waals surface area contributed by atoms with Crippen LogP contribution in [-0.2, 0) is 9.24 Å². The van der Waals surface area contributed by atoms with Gasteiger partial charge in [0.05, 0.1) is 18.2 Å². The molecule has 102 valence electrons. The molecule has 1 rings (SSSR count). The summed E-state index contributed by atoms with van der Waals surface area (Å²) in [7, 11) is 0.602. The summed E-state index contributed by atoms with van der Waals surface area (Å²) in [6.45, 7) is 1.98. The van der Waals surface area contributed by atoms with E-state index in [-0.39, 0.29) is 18.1 Å². The van der Waals surface area contributed by atoms with E-state index < -0.39 is 15.3 Å². The SMILES string of the molecule is CCOc1cc(C#N)ccc1OC(=O)NS(=O)(=O)Cl. The number of nitrogens with one attached hydrogen (secondary N) is 1. The van der Waals surface area contributed by atoms with E-state index in [0.717, 1.165) is 0 Å². The third kappa shape index (κ3) is 5.03. The molecular formula is C10H9ClN2O5S. The van der Waals surface area contributed by atoms with E-state index >= 15 is 0 Å². The second-order valence-corrected chi connectivity index (χ2v) is 5.43. The van der Waals surface area contributed by atoms with Gasteiger partial charge in [0.25, 0.3) is 0 Å². The highest BCUT2D eigenvalue weighted by atomic mass is 35.7. The van der Waals surface area contributed by atoms with Gasteiger partial charge in [0.15, 0.2) is 11.5 Å². The number of halogens is 1. The Morgan fingerprint density at radius 3 is 2.68 bits per heavy atom. The third-order valence-corrected chi connectivity index (χ3v) is 2.42. The minimum Gasteiger partial charge on any atom is -0.490 e. The topological polar surface area (TPSA) is 105 Å². The Kier molecular flexibility index (Phi) is 4.97. The molecule has 0 radical (unpaired) electrons. The predicted molar refractivity (Wildman–Crippen MR) is 66.3 cm³/mol. The number of nitrogens with zero attached hydrogens (tertiary/aromatic N) is 1. The summed E-state index contributed by atoms with van der Waals surface area (Å²) in [5.74, 6) is 0.113. The number of hydrogen-bond acceptors (Lipinski definition) is 6. The van der Waals surface area contributed by atoms with Gasteiger partial charge in [0, 0.05) is 16.7 Å². The Bertz CT molecular complexity index is 623. The van der Waals surface area contributed by atoms with Crippen molar-refractivity contribution in [2.75, 3.05) is 6.61 Å². The zero-order valence-corrected chi connectivity index (χ0v) is 11.3. The minimum absolute atomic E-state index is 0.0290. The minimum atomic E-state index is -4.23. The second kappa shape index (κ2) is 6.26. The molecule has 0 aliphatic rings. The maximum atomic E-state index is 11.2. The van der Waals surface area contributed by atoms with Crippen molar-refractivity contribution in [3.8, 4) is 17.6 Å². The molecule has 1 N–H and O–H groups in total. The average Bonchev–Trinajstić information content (AvgIpc) is 2.29. The van der Waals surface area contributed by atoms with Crippen LogP contribution in [0.1, 0.15) is 12.5 Å². The fourth-order valence-corrected chi connectivity index (χ4v) is 1.58. The van der Waals surface area contributed by atoms with Gasteiger partial charge >= 0.3 is 15.3 Å². The van der Waals surface area contributed by atoms with Crippen LogP contribution in [0.2, 0.25) is 0 Å². The monoisotopic (exact) mass is 304 g/mol. The molecule has 0 saturated heterocycles. The first kappa shape index (κ1) is 15.1. The van der Waals surface area contributed by atoms with E-state index in [1.54, 1.807) is 6.92 Å². The largest absolute Gasteiger partial charge is 0.490 e. The molecule has 9 heteroatoms. The number of amides is 1. The maximum Gasteiger partial charge on any atom is 0.427 e. The molecule has 0 aliphatic carbocycles. The molecule has 0 heterocycles. The van der Waals surface area contributed by atoms with E-state index in [0.29, 0.717) is 5.56 Å². The molecule has 19 heavy (non-hydrogen) atoms. The van der Waals surface area contributed by atoms with Crippen molar-refractivity contribution in [2.45, 2.75) is 6.92 Å². The Labute approximate surface area is 114 Å². The molecule has 0 aromatic heterocycles. The molecule has 1 aromatic rings. The summed E-state index contributed by atoms with van der Waals surface area (Å²) in [6.07, 6.45) is -1.28. The number of rotatable bonds is 4. The maximum absolute atomic E-state index is 11.2. The Balaban J connectivity index is 2.94. The van der Waals surface area contributed by atoms with E-state index in [9.17, 15) is 13.2 Å². The van der Waals surface area contributed by atoms with E-state index in [2.05, 4.69) is 0 Å². The molecule has 0 bridgehead atoms. The van der Waals surface area contributed by atoms with Gasteiger partial charge in [-0.1, -0.05) is 0 Å². The predicted octanol–water partition coefficient (Wildman–Crippen LogP) is 1.53. The average molecular weight is 305 g/mol. The van der Waals surface area contributed by atoms with Gasteiger partial charge in [0.2, 0.25) is 0 Å². The quantitative estimate of drug-likeness (QED) is 0.846. The van der Waals surface area contributed by atoms with Crippen LogP contribution in [0.5, 0.6) is 11.5 Å². The highest BCUT2D eigenvalue weighted by molar-refractivity contribution is 8.12. The lowest BCUT2D eigenvalue weighted by molar-refractivity contribution is 0.203. The zero-order chi connectivity index (χ0) is 14.5. The molecule has 0 aliphatic heterocycles. The molecule has 0 fully saturated rings. The van der Waals surface area contributed by atoms with Gasteiger partial charge in [0.1, 0.15) is 0 Å². The summed E-state index contributed by atoms with van der Waals surface area (Å²) >= 11 is 0. The van der Waals surface area contributed by atoms with E-state index in [4.69, 9.17) is 25.4 Å². The Morgan fingerprint density at radius 2 is 2.16 bits per heavy atom. The molecular weight excluding hydrogens is 296 g/mol. The standard InChI is InChI=1S/C10H9ClN2O5S/c1-2-17-9-5-7(6-12)3-4-8(9)18-10(14)13-19(11,15)16/h3-5H,2H2,1H3,(H,13,14). The summed E-state index contributed by atoms with van der Waals surface area (Å²) in [4.78, 5) is 11.2. The van der Waals surface area contributed by atoms with Crippen molar-refractivity contribution in [2.24, 2.45) is 0 Å². The van der Waals surface area contributed by atoms with Gasteiger partial charge in [-0.2, -0.15) is 13.7 Å². The molecule has 1 amide bonds. The van der Waals surface area contributed by atoms with Crippen LogP contribution in [0.4, 0.5) is 4.79 Å². The fourth-order valence-electron chi connectivity index (χ4n) is 1.15. The fraction of sp³-hybridized carbons (Fsp3) is 0.200. The molecule has 0 spiro atoms. The lowest BCUT2D eigenvalue weighted by Gasteiger charge is -2.10. The van der Waals surface area contributed by atoms with E-state index in [1.165, 1.54) is 22.9 Å². The molecule has 0 unspecified atom stereocenters. The lowest BCUT2D eigenvalue weighted by atomic mass is 10.2. The molecule has 0 atom stereocenters. The van der Waals surface area contributed by atoms with Crippen molar-refractivity contribution in [1.29, 1.82) is 5.26 Å². The first-order chi connectivity index (χ1) is 8.85. The number of hydrogen-bond donors (Lipinski definition) is 1. The summed E-state index contributed by atoms with van der Waals surface area (Å²) in [5, 5.41) is 8.73. The van der Waals surface area contributed by atoms with Crippen LogP contribution in [0.15, 0.2) is 18.2 Å². The van der Waals surface area contributed by atoms with Crippen molar-refractivity contribution in [1.82, 2.24) is 4.72 Å². The van der Waals surface area contributed by atoms with Crippen molar-refractivity contribution >= 4 is 26.0 Å². The highest BCUT2D eigenvalue weighted by Gasteiger charge is 2.15. The first-order valence-corrected chi connectivity index (χ1v) is 7.28. The molecule has 1 aromatic carbocycles. The van der Waals surface area contributed by atoms with Crippen molar-refractivity contribution < 1.29 is 22.7 Å². The van der Waals surface area contributed by atoms with Gasteiger partial charge in [-0.05, 0) is 19.1 Å². The van der Waals surface area contributed by atoms with Crippen LogP contribution in [0.25, 0.3) is 0 Å². The number of benzene rings is 1. The van der Waals surface area contributed by atoms with Crippen LogP contribution in [-0.4, -0.2) is 21.1 Å². The van der Waals surface area contributed by atoms with Crippen LogP contribution in [0, 0.1) is 11.3 Å². The Morgan fingerprint density at radius 1 is 1.47 bits per heavy atom. The van der Waals surface area contributed by atoms with E-state index in [1.807, 2.05) is 6.07 Å². The van der Waals surface area contributed by atoms with Gasteiger partial charge in [-0.25, -0.2) is 9.52 Å². The normalized spacial score (nSPS) is 10.4. The number of carbonyl (C=O) groups is 1. The molecule has 7 nitrogen and oxygen atoms in total. The Hall–Kier alpha value is -1.98. The van der Waals surface area contributed by atoms with Crippen molar-refractivity contribution in [3.05, 3.63) is 23.8 Å². The summed E-state index contributed by atoms with van der Waals surface area (Å²) < 4.78 is 32.6. The van der Waals surface area contributed by atoms with Crippen LogP contribution >= 0.6 is 10.7 Å². The van der Waals surface area contributed by atoms with Crippen molar-refractivity contribution in [3.63, 3.8) is 0 Å². The zero-order valence-electron chi connectivity index (χ0n) is 9.71. The van der Waals surface area contributed by atoms with Gasteiger partial charge in [-0.15, -0.1) is 0 Å². The molecule has 0 saturated carbocycles.